The first-order valence-corrected chi connectivity index (χ1v) is 7.79. The van der Waals surface area contributed by atoms with Crippen molar-refractivity contribution in [3.05, 3.63) is 69.5 Å². The lowest BCUT2D eigenvalue weighted by atomic mass is 10.1. The number of halogens is 1. The van der Waals surface area contributed by atoms with Crippen molar-refractivity contribution in [1.82, 2.24) is 4.98 Å². The Kier molecular flexibility index (Phi) is 6.40. The minimum Gasteiger partial charge on any atom is -0.449 e. The van der Waals surface area contributed by atoms with Gasteiger partial charge in [-0.15, -0.1) is 0 Å². The molecule has 2 aromatic rings. The van der Waals surface area contributed by atoms with Crippen molar-refractivity contribution < 1.29 is 19.2 Å². The number of carbonyl (C=O) groups is 2. The van der Waals surface area contributed by atoms with Crippen molar-refractivity contribution in [2.24, 2.45) is 0 Å². The molecule has 1 N–H and O–H groups in total. The molecule has 1 atom stereocenters. The van der Waals surface area contributed by atoms with E-state index in [-0.39, 0.29) is 22.1 Å². The number of anilines is 1. The molecule has 1 amide bonds. The molecule has 2 rings (SSSR count). The highest BCUT2D eigenvalue weighted by Gasteiger charge is 2.18. The van der Waals surface area contributed by atoms with Crippen LogP contribution in [0.25, 0.3) is 6.08 Å². The van der Waals surface area contributed by atoms with Crippen LogP contribution in [0.5, 0.6) is 0 Å². The van der Waals surface area contributed by atoms with Crippen molar-refractivity contribution in [1.29, 1.82) is 0 Å². The zero-order chi connectivity index (χ0) is 19.1. The van der Waals surface area contributed by atoms with Crippen LogP contribution in [0.15, 0.2) is 48.7 Å². The minimum atomic E-state index is -1.10. The summed E-state index contributed by atoms with van der Waals surface area (Å²) in [6.07, 6.45) is 2.63. The Labute approximate surface area is 153 Å². The second kappa shape index (κ2) is 8.72. The average Bonchev–Trinajstić information content (AvgIpc) is 2.62. The van der Waals surface area contributed by atoms with E-state index in [1.165, 1.54) is 37.4 Å². The molecular formula is C17H14ClN3O5. The summed E-state index contributed by atoms with van der Waals surface area (Å²) in [7, 11) is 0. The number of hydrogen-bond donors (Lipinski definition) is 1. The van der Waals surface area contributed by atoms with Crippen molar-refractivity contribution in [3.8, 4) is 0 Å². The number of pyridine rings is 1. The molecule has 26 heavy (non-hydrogen) atoms. The summed E-state index contributed by atoms with van der Waals surface area (Å²) in [4.78, 5) is 38.0. The lowest BCUT2D eigenvalue weighted by Gasteiger charge is -2.12. The third kappa shape index (κ3) is 5.12. The minimum absolute atomic E-state index is 0.107. The summed E-state index contributed by atoms with van der Waals surface area (Å²) in [5, 5.41) is 13.5. The molecular weight excluding hydrogens is 362 g/mol. The Morgan fingerprint density at radius 1 is 1.31 bits per heavy atom. The number of esters is 1. The smallest absolute Gasteiger partial charge is 0.331 e. The summed E-state index contributed by atoms with van der Waals surface area (Å²) in [6.45, 7) is 1.39. The molecule has 0 spiro atoms. The van der Waals surface area contributed by atoms with Crippen molar-refractivity contribution in [3.63, 3.8) is 0 Å². The van der Waals surface area contributed by atoms with Crippen LogP contribution in [0.4, 0.5) is 11.4 Å². The predicted molar refractivity (Wildman–Crippen MR) is 95.6 cm³/mol. The maximum Gasteiger partial charge on any atom is 0.331 e. The molecule has 134 valence electrons. The van der Waals surface area contributed by atoms with Crippen molar-refractivity contribution >= 4 is 40.9 Å². The number of hydrogen-bond acceptors (Lipinski definition) is 6. The summed E-state index contributed by atoms with van der Waals surface area (Å²) in [5.74, 6) is -1.41. The standard InChI is InChI=1S/C17H14ClN3O5/c1-11(17(23)20-13-6-4-10-19-16(13)18)26-15(22)9-8-12-5-2-3-7-14(12)21(24)25/h2-11H,1H3,(H,20,23)/b9-8+. The van der Waals surface area contributed by atoms with Gasteiger partial charge in [0, 0.05) is 18.3 Å². The monoisotopic (exact) mass is 375 g/mol. The zero-order valence-electron chi connectivity index (χ0n) is 13.6. The number of amides is 1. The maximum atomic E-state index is 12.0. The Morgan fingerprint density at radius 3 is 2.73 bits per heavy atom. The van der Waals surface area contributed by atoms with Crippen molar-refractivity contribution in [2.75, 3.05) is 5.32 Å². The molecule has 0 radical (unpaired) electrons. The van der Waals surface area contributed by atoms with Crippen LogP contribution in [0, 0.1) is 10.1 Å². The van der Waals surface area contributed by atoms with Crippen LogP contribution < -0.4 is 5.32 Å². The van der Waals surface area contributed by atoms with Gasteiger partial charge in [0.15, 0.2) is 11.3 Å². The fourth-order valence-corrected chi connectivity index (χ4v) is 2.10. The summed E-state index contributed by atoms with van der Waals surface area (Å²) < 4.78 is 4.98. The Bertz CT molecular complexity index is 869. The first kappa shape index (κ1) is 19.1. The molecule has 0 saturated heterocycles. The van der Waals surface area contributed by atoms with Crippen LogP contribution in [-0.4, -0.2) is 27.9 Å². The molecule has 0 bridgehead atoms. The van der Waals surface area contributed by atoms with Crippen LogP contribution in [0.3, 0.4) is 0 Å². The molecule has 1 heterocycles. The van der Waals surface area contributed by atoms with Gasteiger partial charge in [-0.05, 0) is 31.2 Å². The highest BCUT2D eigenvalue weighted by Crippen LogP contribution is 2.19. The fourth-order valence-electron chi connectivity index (χ4n) is 1.93. The molecule has 0 aliphatic carbocycles. The third-order valence-electron chi connectivity index (χ3n) is 3.21. The number of para-hydroxylation sites is 1. The molecule has 1 aromatic heterocycles. The first-order valence-electron chi connectivity index (χ1n) is 7.42. The Morgan fingerprint density at radius 2 is 2.04 bits per heavy atom. The third-order valence-corrected chi connectivity index (χ3v) is 3.51. The largest absolute Gasteiger partial charge is 0.449 e. The lowest BCUT2D eigenvalue weighted by Crippen LogP contribution is -2.29. The predicted octanol–water partition coefficient (Wildman–Crippen LogP) is 3.23. The molecule has 0 fully saturated rings. The number of nitro benzene ring substituents is 1. The van der Waals surface area contributed by atoms with E-state index in [0.717, 1.165) is 6.08 Å². The van der Waals surface area contributed by atoms with Crippen LogP contribution in [0.1, 0.15) is 12.5 Å². The van der Waals surface area contributed by atoms with Crippen LogP contribution >= 0.6 is 11.6 Å². The van der Waals surface area contributed by atoms with Crippen LogP contribution in [-0.2, 0) is 14.3 Å². The van der Waals surface area contributed by atoms with E-state index in [4.69, 9.17) is 16.3 Å². The fraction of sp³-hybridized carbons (Fsp3) is 0.118. The van der Waals surface area contributed by atoms with Gasteiger partial charge in [-0.25, -0.2) is 9.78 Å². The SMILES string of the molecule is CC(OC(=O)/C=C/c1ccccc1[N+](=O)[O-])C(=O)Nc1cccnc1Cl. The number of benzene rings is 1. The van der Waals surface area contributed by atoms with E-state index < -0.39 is 22.9 Å². The van der Waals surface area contributed by atoms with E-state index in [1.54, 1.807) is 18.2 Å². The highest BCUT2D eigenvalue weighted by atomic mass is 35.5. The number of ether oxygens (including phenoxy) is 1. The quantitative estimate of drug-likeness (QED) is 0.273. The number of nitrogens with one attached hydrogen (secondary N) is 1. The normalized spacial score (nSPS) is 11.8. The Balaban J connectivity index is 1.98. The molecule has 1 aromatic carbocycles. The van der Waals surface area contributed by atoms with Crippen molar-refractivity contribution in [2.45, 2.75) is 13.0 Å². The van der Waals surface area contributed by atoms with Gasteiger partial charge in [0.1, 0.15) is 0 Å². The van der Waals surface area contributed by atoms with Crippen LogP contribution in [0.2, 0.25) is 5.15 Å². The van der Waals surface area contributed by atoms with E-state index >= 15 is 0 Å². The average molecular weight is 376 g/mol. The summed E-state index contributed by atoms with van der Waals surface area (Å²) >= 11 is 5.84. The molecule has 1 unspecified atom stereocenters. The highest BCUT2D eigenvalue weighted by molar-refractivity contribution is 6.32. The van der Waals surface area contributed by atoms with Gasteiger partial charge in [-0.3, -0.25) is 14.9 Å². The Hall–Kier alpha value is -3.26. The number of nitro groups is 1. The van der Waals surface area contributed by atoms with E-state index in [1.807, 2.05) is 0 Å². The number of carbonyl (C=O) groups excluding carboxylic acids is 2. The van der Waals surface area contributed by atoms with E-state index in [2.05, 4.69) is 10.3 Å². The van der Waals surface area contributed by atoms with E-state index in [0.29, 0.717) is 0 Å². The second-order valence-electron chi connectivity index (χ2n) is 5.06. The van der Waals surface area contributed by atoms with E-state index in [9.17, 15) is 19.7 Å². The number of rotatable bonds is 6. The number of nitrogens with zero attached hydrogens (tertiary/aromatic N) is 2. The van der Waals surface area contributed by atoms with Gasteiger partial charge in [0.25, 0.3) is 11.6 Å². The van der Waals surface area contributed by atoms with Gasteiger partial charge in [0.05, 0.1) is 16.2 Å². The first-order chi connectivity index (χ1) is 12.4. The lowest BCUT2D eigenvalue weighted by molar-refractivity contribution is -0.385. The molecule has 9 heteroatoms. The zero-order valence-corrected chi connectivity index (χ0v) is 14.3. The van der Waals surface area contributed by atoms with Gasteiger partial charge < -0.3 is 10.1 Å². The summed E-state index contributed by atoms with van der Waals surface area (Å²) in [6, 6.07) is 9.07. The van der Waals surface area contributed by atoms with Gasteiger partial charge in [-0.1, -0.05) is 23.7 Å². The van der Waals surface area contributed by atoms with Gasteiger partial charge in [-0.2, -0.15) is 0 Å². The number of aromatic nitrogens is 1. The molecule has 0 aliphatic rings. The molecule has 8 nitrogen and oxygen atoms in total. The van der Waals surface area contributed by atoms with Gasteiger partial charge >= 0.3 is 5.97 Å². The topological polar surface area (TPSA) is 111 Å². The molecule has 0 saturated carbocycles. The maximum absolute atomic E-state index is 12.0. The summed E-state index contributed by atoms with van der Waals surface area (Å²) in [5.41, 5.74) is 0.389. The second-order valence-corrected chi connectivity index (χ2v) is 5.42. The van der Waals surface area contributed by atoms with Gasteiger partial charge in [0.2, 0.25) is 0 Å². The molecule has 0 aliphatic heterocycles.